The Balaban J connectivity index is 1.72. The van der Waals surface area contributed by atoms with Gasteiger partial charge in [-0.05, 0) is 41.5 Å². The normalized spacial score (nSPS) is 14.6. The summed E-state index contributed by atoms with van der Waals surface area (Å²) in [7, 11) is -4.15. The number of rotatable bonds is 6. The molecular weight excluding hydrogens is 465 g/mol. The van der Waals surface area contributed by atoms with Gasteiger partial charge in [-0.1, -0.05) is 48.5 Å². The molecule has 1 aliphatic carbocycles. The second kappa shape index (κ2) is 9.13. The SMILES string of the molecule is O=C(O)CSC1=CC(=NS(=O)(=O)c2ccc(-c3cccc(F)c3)cc2)c2ccccc2C1=O. The maximum Gasteiger partial charge on any atom is 0.313 e. The van der Waals surface area contributed by atoms with Crippen LogP contribution in [0.15, 0.2) is 93.1 Å². The highest BCUT2D eigenvalue weighted by Crippen LogP contribution is 2.30. The fraction of sp³-hybridized carbons (Fsp3) is 0.0417. The van der Waals surface area contributed by atoms with E-state index in [0.717, 1.165) is 11.8 Å². The summed E-state index contributed by atoms with van der Waals surface area (Å²) in [6.07, 6.45) is 1.30. The number of halogens is 1. The quantitative estimate of drug-likeness (QED) is 0.554. The van der Waals surface area contributed by atoms with Crippen molar-refractivity contribution in [1.29, 1.82) is 0 Å². The lowest BCUT2D eigenvalue weighted by Gasteiger charge is -2.16. The number of carboxylic acids is 1. The minimum atomic E-state index is -4.15. The first-order valence-electron chi connectivity index (χ1n) is 9.66. The number of hydrogen-bond acceptors (Lipinski definition) is 5. The van der Waals surface area contributed by atoms with Gasteiger partial charge in [-0.3, -0.25) is 9.59 Å². The molecule has 33 heavy (non-hydrogen) atoms. The molecule has 9 heteroatoms. The number of carbonyl (C=O) groups excluding carboxylic acids is 1. The molecule has 0 spiro atoms. The molecule has 6 nitrogen and oxygen atoms in total. The Morgan fingerprint density at radius 2 is 1.64 bits per heavy atom. The van der Waals surface area contributed by atoms with E-state index < -0.39 is 21.8 Å². The van der Waals surface area contributed by atoms with Crippen LogP contribution in [-0.4, -0.2) is 36.7 Å². The van der Waals surface area contributed by atoms with Crippen LogP contribution in [0.1, 0.15) is 15.9 Å². The van der Waals surface area contributed by atoms with Crippen LogP contribution in [0, 0.1) is 5.82 Å². The molecule has 0 bridgehead atoms. The summed E-state index contributed by atoms with van der Waals surface area (Å²) in [5.74, 6) is -2.23. The standard InChI is InChI=1S/C24H16FNO5S2/c25-17-5-3-4-16(12-17)15-8-10-18(11-9-15)33(30,31)26-21-13-22(32-14-23(27)28)24(29)20-7-2-1-6-19(20)21/h1-13H,14H2,(H,27,28). The van der Waals surface area contributed by atoms with E-state index in [1.165, 1.54) is 30.3 Å². The highest BCUT2D eigenvalue weighted by Gasteiger charge is 2.26. The summed E-state index contributed by atoms with van der Waals surface area (Å²) in [5, 5.41) is 8.94. The van der Waals surface area contributed by atoms with Crippen molar-refractivity contribution in [3.05, 3.63) is 101 Å². The molecule has 1 N–H and O–H groups in total. The van der Waals surface area contributed by atoms with E-state index >= 15 is 0 Å². The minimum Gasteiger partial charge on any atom is -0.481 e. The third-order valence-electron chi connectivity index (χ3n) is 4.82. The fourth-order valence-electron chi connectivity index (χ4n) is 3.30. The number of carbonyl (C=O) groups is 2. The number of carboxylic acid groups (broad SMARTS) is 1. The summed E-state index contributed by atoms with van der Waals surface area (Å²) in [5.41, 5.74) is 1.90. The Kier molecular flexibility index (Phi) is 6.26. The van der Waals surface area contributed by atoms with Gasteiger partial charge in [-0.15, -0.1) is 11.8 Å². The van der Waals surface area contributed by atoms with Crippen LogP contribution in [0.25, 0.3) is 11.1 Å². The summed E-state index contributed by atoms with van der Waals surface area (Å²) in [6, 6.07) is 18.2. The average Bonchev–Trinajstić information content (AvgIpc) is 2.80. The molecule has 1 aliphatic rings. The summed E-state index contributed by atoms with van der Waals surface area (Å²) < 4.78 is 43.4. The molecule has 0 heterocycles. The first-order valence-corrected chi connectivity index (χ1v) is 12.1. The monoisotopic (exact) mass is 481 g/mol. The molecular formula is C24H16FNO5S2. The number of sulfonamides is 1. The van der Waals surface area contributed by atoms with Crippen molar-refractivity contribution < 1.29 is 27.5 Å². The van der Waals surface area contributed by atoms with Gasteiger partial charge in [0, 0.05) is 11.1 Å². The van der Waals surface area contributed by atoms with Crippen molar-refractivity contribution in [3.8, 4) is 11.1 Å². The molecule has 0 amide bonds. The zero-order valence-electron chi connectivity index (χ0n) is 16.9. The number of thioether (sulfide) groups is 1. The van der Waals surface area contributed by atoms with Crippen molar-refractivity contribution in [2.75, 3.05) is 5.75 Å². The molecule has 0 aromatic heterocycles. The molecule has 0 atom stereocenters. The van der Waals surface area contributed by atoms with E-state index in [4.69, 9.17) is 5.11 Å². The molecule has 0 radical (unpaired) electrons. The van der Waals surface area contributed by atoms with Crippen LogP contribution in [0.4, 0.5) is 4.39 Å². The summed E-state index contributed by atoms with van der Waals surface area (Å²) in [4.78, 5) is 23.7. The molecule has 0 unspecified atom stereocenters. The molecule has 3 aromatic carbocycles. The Morgan fingerprint density at radius 3 is 2.30 bits per heavy atom. The van der Waals surface area contributed by atoms with E-state index in [-0.39, 0.29) is 32.6 Å². The average molecular weight is 482 g/mol. The Morgan fingerprint density at radius 1 is 0.939 bits per heavy atom. The molecule has 0 saturated heterocycles. The largest absolute Gasteiger partial charge is 0.481 e. The second-order valence-electron chi connectivity index (χ2n) is 7.05. The van der Waals surface area contributed by atoms with Gasteiger partial charge in [0.05, 0.1) is 21.3 Å². The van der Waals surface area contributed by atoms with Crippen molar-refractivity contribution >= 4 is 39.2 Å². The van der Waals surface area contributed by atoms with Crippen molar-refractivity contribution in [2.24, 2.45) is 4.40 Å². The number of Topliss-reactive ketones (excluding diaryl/α,β-unsaturated/α-hetero) is 1. The predicted molar refractivity (Wildman–Crippen MR) is 125 cm³/mol. The van der Waals surface area contributed by atoms with Crippen LogP contribution in [-0.2, 0) is 14.8 Å². The zero-order chi connectivity index (χ0) is 23.6. The van der Waals surface area contributed by atoms with Crippen LogP contribution in [0.5, 0.6) is 0 Å². The maximum absolute atomic E-state index is 13.5. The molecule has 3 aromatic rings. The van der Waals surface area contributed by atoms with Gasteiger partial charge in [-0.25, -0.2) is 4.39 Å². The Labute approximate surface area is 193 Å². The van der Waals surface area contributed by atoms with E-state index in [0.29, 0.717) is 16.7 Å². The van der Waals surface area contributed by atoms with Gasteiger partial charge in [-0.2, -0.15) is 12.8 Å². The predicted octanol–water partition coefficient (Wildman–Crippen LogP) is 4.57. The zero-order valence-corrected chi connectivity index (χ0v) is 18.6. The van der Waals surface area contributed by atoms with Gasteiger partial charge in [0.25, 0.3) is 10.0 Å². The highest BCUT2D eigenvalue weighted by molar-refractivity contribution is 8.04. The van der Waals surface area contributed by atoms with Crippen molar-refractivity contribution in [2.45, 2.75) is 4.90 Å². The fourth-order valence-corrected chi connectivity index (χ4v) is 5.01. The highest BCUT2D eigenvalue weighted by atomic mass is 32.2. The van der Waals surface area contributed by atoms with Gasteiger partial charge in [0.2, 0.25) is 0 Å². The number of ketones is 1. The molecule has 0 fully saturated rings. The van der Waals surface area contributed by atoms with Crippen molar-refractivity contribution in [1.82, 2.24) is 0 Å². The third-order valence-corrected chi connectivity index (χ3v) is 7.13. The van der Waals surface area contributed by atoms with Gasteiger partial charge >= 0.3 is 5.97 Å². The van der Waals surface area contributed by atoms with Crippen LogP contribution in [0.2, 0.25) is 0 Å². The molecule has 0 saturated carbocycles. The number of fused-ring (bicyclic) bond motifs is 1. The first kappa shape index (κ1) is 22.6. The third kappa shape index (κ3) is 4.94. The molecule has 0 aliphatic heterocycles. The van der Waals surface area contributed by atoms with Crippen LogP contribution < -0.4 is 0 Å². The topological polar surface area (TPSA) is 101 Å². The van der Waals surface area contributed by atoms with Gasteiger partial charge in [0.15, 0.2) is 5.78 Å². The number of hydrogen-bond donors (Lipinski definition) is 1. The number of aliphatic carboxylic acids is 1. The van der Waals surface area contributed by atoms with Crippen LogP contribution in [0.3, 0.4) is 0 Å². The minimum absolute atomic E-state index is 0.0484. The lowest BCUT2D eigenvalue weighted by Crippen LogP contribution is -2.18. The maximum atomic E-state index is 13.5. The summed E-state index contributed by atoms with van der Waals surface area (Å²) >= 11 is 0.809. The van der Waals surface area contributed by atoms with E-state index in [1.807, 2.05) is 0 Å². The number of nitrogens with zero attached hydrogens (tertiary/aromatic N) is 1. The van der Waals surface area contributed by atoms with E-state index in [2.05, 4.69) is 4.40 Å². The molecule has 4 rings (SSSR count). The van der Waals surface area contributed by atoms with E-state index in [9.17, 15) is 22.4 Å². The number of benzene rings is 3. The number of allylic oxidation sites excluding steroid dienone is 2. The second-order valence-corrected chi connectivity index (χ2v) is 9.67. The Hall–Kier alpha value is -3.56. The van der Waals surface area contributed by atoms with E-state index in [1.54, 1.807) is 48.5 Å². The smallest absolute Gasteiger partial charge is 0.313 e. The summed E-state index contributed by atoms with van der Waals surface area (Å²) in [6.45, 7) is 0. The van der Waals surface area contributed by atoms with Gasteiger partial charge < -0.3 is 5.11 Å². The lowest BCUT2D eigenvalue weighted by atomic mass is 9.94. The van der Waals surface area contributed by atoms with Gasteiger partial charge in [0.1, 0.15) is 5.82 Å². The Bertz CT molecular complexity index is 1430. The first-order chi connectivity index (χ1) is 15.7. The van der Waals surface area contributed by atoms with Crippen LogP contribution >= 0.6 is 11.8 Å². The lowest BCUT2D eigenvalue weighted by molar-refractivity contribution is -0.133. The van der Waals surface area contributed by atoms with Crippen molar-refractivity contribution in [3.63, 3.8) is 0 Å². The molecule has 166 valence electrons.